The topological polar surface area (TPSA) is 38.8 Å². The van der Waals surface area contributed by atoms with Crippen LogP contribution in [0.3, 0.4) is 0 Å². The van der Waals surface area contributed by atoms with Gasteiger partial charge in [-0.25, -0.2) is 0 Å². The third-order valence-corrected chi connectivity index (χ3v) is 6.53. The molecule has 4 rings (SSSR count). The van der Waals surface area contributed by atoms with Crippen LogP contribution in [0, 0.1) is 5.92 Å². The van der Waals surface area contributed by atoms with Gasteiger partial charge in [0.1, 0.15) is 0 Å². The van der Waals surface area contributed by atoms with Crippen LogP contribution in [0.2, 0.25) is 0 Å². The van der Waals surface area contributed by atoms with Crippen LogP contribution in [0.5, 0.6) is 0 Å². The van der Waals surface area contributed by atoms with Crippen LogP contribution in [0.15, 0.2) is 24.3 Å². The maximum absolute atomic E-state index is 12.7. The standard InChI is InChI=1S/C21H29F3N4O/c1-15-6-7-28(14-15)20(29)19-12-18(13-25-19)27-10-8-26(9-11-27)17-4-2-16(3-5-17)21(22,23)24/h2-5,15,18-19,25H,6-14H2,1H3/t15?,18-,19-/m0/s1. The number of rotatable bonds is 3. The molecule has 1 aromatic rings. The Kier molecular flexibility index (Phi) is 5.75. The predicted octanol–water partition coefficient (Wildman–Crippen LogP) is 2.43. The summed E-state index contributed by atoms with van der Waals surface area (Å²) in [6, 6.07) is 5.68. The summed E-state index contributed by atoms with van der Waals surface area (Å²) in [6.07, 6.45) is -2.37. The minimum atomic E-state index is -4.30. The first-order chi connectivity index (χ1) is 13.8. The van der Waals surface area contributed by atoms with Gasteiger partial charge in [0.2, 0.25) is 5.91 Å². The molecule has 1 unspecified atom stereocenters. The van der Waals surface area contributed by atoms with Crippen LogP contribution in [0.4, 0.5) is 18.9 Å². The number of halogens is 3. The maximum Gasteiger partial charge on any atom is 0.416 e. The quantitative estimate of drug-likeness (QED) is 0.831. The molecule has 1 aromatic carbocycles. The van der Waals surface area contributed by atoms with Crippen LogP contribution in [0.1, 0.15) is 25.3 Å². The second kappa shape index (κ2) is 8.14. The fourth-order valence-corrected chi connectivity index (χ4v) is 4.75. The monoisotopic (exact) mass is 410 g/mol. The highest BCUT2D eigenvalue weighted by molar-refractivity contribution is 5.82. The zero-order valence-corrected chi connectivity index (χ0v) is 16.8. The smallest absolute Gasteiger partial charge is 0.369 e. The van der Waals surface area contributed by atoms with E-state index in [0.717, 1.165) is 76.5 Å². The second-order valence-corrected chi connectivity index (χ2v) is 8.60. The van der Waals surface area contributed by atoms with Crippen LogP contribution in [-0.4, -0.2) is 73.6 Å². The number of hydrogen-bond donors (Lipinski definition) is 1. The van der Waals surface area contributed by atoms with E-state index < -0.39 is 11.7 Å². The Hall–Kier alpha value is -1.80. The third kappa shape index (κ3) is 4.53. The van der Waals surface area contributed by atoms with Gasteiger partial charge >= 0.3 is 6.18 Å². The summed E-state index contributed by atoms with van der Waals surface area (Å²) >= 11 is 0. The molecule has 0 spiro atoms. The van der Waals surface area contributed by atoms with E-state index >= 15 is 0 Å². The molecular formula is C21H29F3N4O. The largest absolute Gasteiger partial charge is 0.416 e. The number of piperazine rings is 1. The first-order valence-corrected chi connectivity index (χ1v) is 10.5. The average Bonchev–Trinajstić information content (AvgIpc) is 3.36. The molecular weight excluding hydrogens is 381 g/mol. The molecule has 3 aliphatic heterocycles. The Morgan fingerprint density at radius 3 is 2.34 bits per heavy atom. The minimum Gasteiger partial charge on any atom is -0.369 e. The van der Waals surface area contributed by atoms with Crippen molar-refractivity contribution in [3.8, 4) is 0 Å². The third-order valence-electron chi connectivity index (χ3n) is 6.53. The number of anilines is 1. The lowest BCUT2D eigenvalue weighted by Crippen LogP contribution is -2.51. The molecule has 0 saturated carbocycles. The molecule has 3 heterocycles. The van der Waals surface area contributed by atoms with Gasteiger partial charge in [-0.15, -0.1) is 0 Å². The first-order valence-electron chi connectivity index (χ1n) is 10.5. The molecule has 0 radical (unpaired) electrons. The Balaban J connectivity index is 1.27. The summed E-state index contributed by atoms with van der Waals surface area (Å²) in [5.41, 5.74) is 0.221. The highest BCUT2D eigenvalue weighted by atomic mass is 19.4. The number of nitrogens with zero attached hydrogens (tertiary/aromatic N) is 3. The Morgan fingerprint density at radius 1 is 1.07 bits per heavy atom. The number of carbonyl (C=O) groups excluding carboxylic acids is 1. The van der Waals surface area contributed by atoms with Crippen LogP contribution in [0.25, 0.3) is 0 Å². The van der Waals surface area contributed by atoms with Crippen molar-refractivity contribution in [1.82, 2.24) is 15.1 Å². The van der Waals surface area contributed by atoms with Gasteiger partial charge in [-0.2, -0.15) is 13.2 Å². The Labute approximate surface area is 169 Å². The zero-order chi connectivity index (χ0) is 20.6. The number of likely N-dealkylation sites (tertiary alicyclic amines) is 1. The van der Waals surface area contributed by atoms with Crippen molar-refractivity contribution in [2.24, 2.45) is 5.92 Å². The van der Waals surface area contributed by atoms with Gasteiger partial charge in [0.05, 0.1) is 11.6 Å². The second-order valence-electron chi connectivity index (χ2n) is 8.60. The lowest BCUT2D eigenvalue weighted by molar-refractivity contribution is -0.137. The minimum absolute atomic E-state index is 0.0850. The summed E-state index contributed by atoms with van der Waals surface area (Å²) in [5, 5.41) is 3.41. The van der Waals surface area contributed by atoms with Gasteiger partial charge in [-0.05, 0) is 43.0 Å². The molecule has 5 nitrogen and oxygen atoms in total. The molecule has 0 aliphatic carbocycles. The Bertz CT molecular complexity index is 716. The van der Waals surface area contributed by atoms with Crippen molar-refractivity contribution in [3.63, 3.8) is 0 Å². The number of amides is 1. The molecule has 3 fully saturated rings. The van der Waals surface area contributed by atoms with E-state index in [1.807, 2.05) is 4.90 Å². The van der Waals surface area contributed by atoms with Crippen molar-refractivity contribution < 1.29 is 18.0 Å². The lowest BCUT2D eigenvalue weighted by Gasteiger charge is -2.39. The van der Waals surface area contributed by atoms with Crippen molar-refractivity contribution in [2.45, 2.75) is 38.0 Å². The van der Waals surface area contributed by atoms with Gasteiger partial charge in [0.15, 0.2) is 0 Å². The molecule has 0 aromatic heterocycles. The van der Waals surface area contributed by atoms with Gasteiger partial charge in [0.25, 0.3) is 0 Å². The number of benzene rings is 1. The van der Waals surface area contributed by atoms with Crippen molar-refractivity contribution in [2.75, 3.05) is 50.7 Å². The van der Waals surface area contributed by atoms with E-state index in [-0.39, 0.29) is 11.9 Å². The number of alkyl halides is 3. The molecule has 0 bridgehead atoms. The summed E-state index contributed by atoms with van der Waals surface area (Å²) in [5.74, 6) is 0.828. The highest BCUT2D eigenvalue weighted by Gasteiger charge is 2.37. The molecule has 3 saturated heterocycles. The molecule has 8 heteroatoms. The first kappa shape index (κ1) is 20.5. The molecule has 160 valence electrons. The van der Waals surface area contributed by atoms with Gasteiger partial charge < -0.3 is 15.1 Å². The van der Waals surface area contributed by atoms with E-state index in [4.69, 9.17) is 0 Å². The van der Waals surface area contributed by atoms with Gasteiger partial charge in [-0.3, -0.25) is 9.69 Å². The van der Waals surface area contributed by atoms with Gasteiger partial charge in [0, 0.05) is 57.5 Å². The summed E-state index contributed by atoms with van der Waals surface area (Å²) in [4.78, 5) is 19.2. The van der Waals surface area contributed by atoms with Gasteiger partial charge in [-0.1, -0.05) is 6.92 Å². The predicted molar refractivity (Wildman–Crippen MR) is 106 cm³/mol. The van der Waals surface area contributed by atoms with Crippen molar-refractivity contribution in [3.05, 3.63) is 29.8 Å². The number of hydrogen-bond acceptors (Lipinski definition) is 4. The molecule has 29 heavy (non-hydrogen) atoms. The van der Waals surface area contributed by atoms with Crippen molar-refractivity contribution >= 4 is 11.6 Å². The van der Waals surface area contributed by atoms with E-state index in [9.17, 15) is 18.0 Å². The summed E-state index contributed by atoms with van der Waals surface area (Å²) in [6.45, 7) is 8.02. The summed E-state index contributed by atoms with van der Waals surface area (Å²) < 4.78 is 38.2. The maximum atomic E-state index is 12.7. The number of nitrogens with one attached hydrogen (secondary N) is 1. The fourth-order valence-electron chi connectivity index (χ4n) is 4.75. The van der Waals surface area contributed by atoms with Crippen LogP contribution < -0.4 is 10.2 Å². The van der Waals surface area contributed by atoms with E-state index in [1.165, 1.54) is 0 Å². The van der Waals surface area contributed by atoms with E-state index in [0.29, 0.717) is 12.0 Å². The van der Waals surface area contributed by atoms with Crippen LogP contribution in [-0.2, 0) is 11.0 Å². The molecule has 1 amide bonds. The highest BCUT2D eigenvalue weighted by Crippen LogP contribution is 2.31. The fraction of sp³-hybridized carbons (Fsp3) is 0.667. The normalized spacial score (nSPS) is 28.9. The average molecular weight is 410 g/mol. The zero-order valence-electron chi connectivity index (χ0n) is 16.8. The van der Waals surface area contributed by atoms with E-state index in [2.05, 4.69) is 22.0 Å². The lowest BCUT2D eigenvalue weighted by atomic mass is 10.1. The summed E-state index contributed by atoms with van der Waals surface area (Å²) in [7, 11) is 0. The Morgan fingerprint density at radius 2 is 1.76 bits per heavy atom. The van der Waals surface area contributed by atoms with Crippen LogP contribution >= 0.6 is 0 Å². The molecule has 3 aliphatic rings. The molecule has 3 atom stereocenters. The molecule has 1 N–H and O–H groups in total. The van der Waals surface area contributed by atoms with E-state index in [1.54, 1.807) is 12.1 Å². The van der Waals surface area contributed by atoms with Crippen molar-refractivity contribution in [1.29, 1.82) is 0 Å². The SMILES string of the molecule is CC1CCN(C(=O)[C@@H]2C[C@H](N3CCN(c4ccc(C(F)(F)F)cc4)CC3)CN2)C1. The number of carbonyl (C=O) groups is 1.